The molecular weight excluding hydrogens is 392 g/mol. The number of hydrogen-bond acceptors (Lipinski definition) is 5. The molecule has 1 N–H and O–H groups in total. The number of carbonyl (C=O) groups excluding carboxylic acids is 1. The Hall–Kier alpha value is -3.35. The lowest BCUT2D eigenvalue weighted by atomic mass is 10.00. The van der Waals surface area contributed by atoms with Crippen molar-refractivity contribution in [3.05, 3.63) is 59.0 Å². The number of para-hydroxylation sites is 1. The molecule has 2 heterocycles. The van der Waals surface area contributed by atoms with Crippen molar-refractivity contribution in [3.8, 4) is 5.75 Å². The summed E-state index contributed by atoms with van der Waals surface area (Å²) in [6.45, 7) is 6.41. The van der Waals surface area contributed by atoms with Crippen molar-refractivity contribution in [1.29, 1.82) is 0 Å². The first-order valence-corrected chi connectivity index (χ1v) is 10.8. The summed E-state index contributed by atoms with van der Waals surface area (Å²) < 4.78 is 6.86. The fraction of sp³-hybridized carbons (Fsp3) is 0.375. The molecule has 1 saturated heterocycles. The van der Waals surface area contributed by atoms with Crippen LogP contribution in [0.15, 0.2) is 53.3 Å². The maximum Gasteiger partial charge on any atom is 0.350 e. The van der Waals surface area contributed by atoms with Crippen LogP contribution < -0.4 is 20.6 Å². The highest BCUT2D eigenvalue weighted by Crippen LogP contribution is 2.27. The second kappa shape index (κ2) is 9.20. The molecule has 1 fully saturated rings. The van der Waals surface area contributed by atoms with E-state index in [1.165, 1.54) is 11.0 Å². The fourth-order valence-corrected chi connectivity index (χ4v) is 4.13. The van der Waals surface area contributed by atoms with Crippen molar-refractivity contribution < 1.29 is 9.53 Å². The van der Waals surface area contributed by atoms with E-state index in [1.807, 2.05) is 31.2 Å². The van der Waals surface area contributed by atoms with E-state index >= 15 is 0 Å². The van der Waals surface area contributed by atoms with E-state index in [-0.39, 0.29) is 12.5 Å². The monoisotopic (exact) mass is 420 g/mol. The number of nitrogens with zero attached hydrogens (tertiary/aromatic N) is 3. The largest absolute Gasteiger partial charge is 0.494 e. The Morgan fingerprint density at radius 1 is 1.19 bits per heavy atom. The highest BCUT2D eigenvalue weighted by molar-refractivity contribution is 5.93. The zero-order chi connectivity index (χ0) is 21.8. The molecule has 2 aromatic carbocycles. The number of anilines is 2. The topological polar surface area (TPSA) is 76.5 Å². The minimum Gasteiger partial charge on any atom is -0.494 e. The summed E-state index contributed by atoms with van der Waals surface area (Å²) in [5.41, 5.74) is 0.962. The Balaban J connectivity index is 1.59. The number of piperidine rings is 1. The van der Waals surface area contributed by atoms with Gasteiger partial charge in [0.15, 0.2) is 0 Å². The van der Waals surface area contributed by atoms with Crippen LogP contribution in [0.4, 0.5) is 11.5 Å². The molecular formula is C24H28N4O3. The van der Waals surface area contributed by atoms with Crippen molar-refractivity contribution >= 4 is 28.3 Å². The number of ether oxygens (including phenoxy) is 1. The van der Waals surface area contributed by atoms with Gasteiger partial charge in [-0.1, -0.05) is 19.1 Å². The minimum absolute atomic E-state index is 0.101. The van der Waals surface area contributed by atoms with Gasteiger partial charge in [0.05, 0.1) is 12.1 Å². The molecule has 0 unspecified atom stereocenters. The molecule has 1 aliphatic rings. The Kier molecular flexibility index (Phi) is 6.21. The maximum absolute atomic E-state index is 12.9. The van der Waals surface area contributed by atoms with Crippen LogP contribution in [0.5, 0.6) is 5.75 Å². The van der Waals surface area contributed by atoms with Crippen LogP contribution in [0.3, 0.4) is 0 Å². The summed E-state index contributed by atoms with van der Waals surface area (Å²) >= 11 is 0. The van der Waals surface area contributed by atoms with Crippen LogP contribution in [0.1, 0.15) is 26.7 Å². The van der Waals surface area contributed by atoms with Gasteiger partial charge in [0.25, 0.3) is 0 Å². The highest BCUT2D eigenvalue weighted by Gasteiger charge is 2.21. The average Bonchev–Trinajstić information content (AvgIpc) is 2.77. The van der Waals surface area contributed by atoms with E-state index in [2.05, 4.69) is 22.1 Å². The van der Waals surface area contributed by atoms with Crippen molar-refractivity contribution in [1.82, 2.24) is 9.55 Å². The number of nitrogens with one attached hydrogen (secondary N) is 1. The summed E-state index contributed by atoms with van der Waals surface area (Å²) in [6.07, 6.45) is 2.28. The third kappa shape index (κ3) is 4.71. The van der Waals surface area contributed by atoms with Crippen LogP contribution in [0.25, 0.3) is 10.9 Å². The first-order valence-electron chi connectivity index (χ1n) is 10.8. The molecule has 0 spiro atoms. The number of aromatic nitrogens is 2. The maximum atomic E-state index is 12.9. The number of amides is 1. The summed E-state index contributed by atoms with van der Waals surface area (Å²) in [5, 5.41) is 3.74. The highest BCUT2D eigenvalue weighted by atomic mass is 16.5. The van der Waals surface area contributed by atoms with Gasteiger partial charge in [0.1, 0.15) is 18.1 Å². The normalized spacial score (nSPS) is 16.3. The number of benzene rings is 2. The van der Waals surface area contributed by atoms with Gasteiger partial charge in [-0.3, -0.25) is 9.36 Å². The van der Waals surface area contributed by atoms with Crippen LogP contribution in [-0.2, 0) is 11.3 Å². The molecule has 7 heteroatoms. The van der Waals surface area contributed by atoms with Gasteiger partial charge in [-0.15, -0.1) is 0 Å². The predicted molar refractivity (Wildman–Crippen MR) is 123 cm³/mol. The van der Waals surface area contributed by atoms with Gasteiger partial charge in [-0.05, 0) is 62.1 Å². The number of fused-ring (bicyclic) bond motifs is 1. The van der Waals surface area contributed by atoms with Crippen molar-refractivity contribution in [2.75, 3.05) is 29.9 Å². The number of carbonyl (C=O) groups is 1. The van der Waals surface area contributed by atoms with Gasteiger partial charge < -0.3 is 15.0 Å². The number of hydrogen-bond donors (Lipinski definition) is 1. The third-order valence-electron chi connectivity index (χ3n) is 5.58. The molecule has 1 aromatic heterocycles. The Morgan fingerprint density at radius 2 is 1.97 bits per heavy atom. The summed E-state index contributed by atoms with van der Waals surface area (Å²) in [5.74, 6) is 1.75. The van der Waals surface area contributed by atoms with Crippen molar-refractivity contribution in [2.24, 2.45) is 5.92 Å². The van der Waals surface area contributed by atoms with E-state index in [0.717, 1.165) is 42.0 Å². The van der Waals surface area contributed by atoms with Gasteiger partial charge in [0, 0.05) is 24.2 Å². The third-order valence-corrected chi connectivity index (χ3v) is 5.58. The summed E-state index contributed by atoms with van der Waals surface area (Å²) in [4.78, 5) is 32.2. The zero-order valence-corrected chi connectivity index (χ0v) is 18.0. The van der Waals surface area contributed by atoms with Crippen LogP contribution in [-0.4, -0.2) is 35.2 Å². The van der Waals surface area contributed by atoms with Crippen LogP contribution >= 0.6 is 0 Å². The standard InChI is InChI=1S/C24H28N4O3/c1-3-31-19-12-10-18(11-13-19)25-22(29)16-28-21-9-5-4-8-20(21)23(26-24(28)30)27-14-6-7-17(2)15-27/h4-5,8-13,17H,3,6-7,14-16H2,1-2H3,(H,25,29)/t17-/m1/s1. The van der Waals surface area contributed by atoms with E-state index in [9.17, 15) is 9.59 Å². The van der Waals surface area contributed by atoms with E-state index in [4.69, 9.17) is 4.74 Å². The second-order valence-corrected chi connectivity index (χ2v) is 8.02. The molecule has 0 radical (unpaired) electrons. The Morgan fingerprint density at radius 3 is 2.71 bits per heavy atom. The quantitative estimate of drug-likeness (QED) is 0.658. The van der Waals surface area contributed by atoms with Crippen LogP contribution in [0, 0.1) is 5.92 Å². The van der Waals surface area contributed by atoms with Gasteiger partial charge in [0.2, 0.25) is 5.91 Å². The first kappa shape index (κ1) is 20.9. The first-order chi connectivity index (χ1) is 15.0. The van der Waals surface area contributed by atoms with Gasteiger partial charge in [-0.2, -0.15) is 4.98 Å². The van der Waals surface area contributed by atoms with E-state index < -0.39 is 5.69 Å². The lowest BCUT2D eigenvalue weighted by Crippen LogP contribution is -2.38. The number of rotatable bonds is 6. The van der Waals surface area contributed by atoms with Crippen LogP contribution in [0.2, 0.25) is 0 Å². The Labute approximate surface area is 181 Å². The average molecular weight is 421 g/mol. The fourth-order valence-electron chi connectivity index (χ4n) is 4.13. The molecule has 0 saturated carbocycles. The lowest BCUT2D eigenvalue weighted by molar-refractivity contribution is -0.116. The molecule has 3 aromatic rings. The molecule has 162 valence electrons. The molecule has 1 aliphatic heterocycles. The van der Waals surface area contributed by atoms with Gasteiger partial charge >= 0.3 is 5.69 Å². The van der Waals surface area contributed by atoms with E-state index in [1.54, 1.807) is 24.3 Å². The molecule has 1 atom stereocenters. The lowest BCUT2D eigenvalue weighted by Gasteiger charge is -2.32. The smallest absolute Gasteiger partial charge is 0.350 e. The summed E-state index contributed by atoms with van der Waals surface area (Å²) in [6, 6.07) is 14.8. The second-order valence-electron chi connectivity index (χ2n) is 8.02. The zero-order valence-electron chi connectivity index (χ0n) is 18.0. The molecule has 0 bridgehead atoms. The molecule has 31 heavy (non-hydrogen) atoms. The molecule has 1 amide bonds. The SMILES string of the molecule is CCOc1ccc(NC(=O)Cn2c(=O)nc(N3CCC[C@@H](C)C3)c3ccccc32)cc1. The van der Waals surface area contributed by atoms with Gasteiger partial charge in [-0.25, -0.2) is 4.79 Å². The van der Waals surface area contributed by atoms with Crippen molar-refractivity contribution in [2.45, 2.75) is 33.2 Å². The predicted octanol–water partition coefficient (Wildman–Crippen LogP) is 3.67. The van der Waals surface area contributed by atoms with Crippen molar-refractivity contribution in [3.63, 3.8) is 0 Å². The molecule has 0 aliphatic carbocycles. The Bertz CT molecular complexity index is 1120. The summed E-state index contributed by atoms with van der Waals surface area (Å²) in [7, 11) is 0. The molecule has 7 nitrogen and oxygen atoms in total. The van der Waals surface area contributed by atoms with E-state index in [0.29, 0.717) is 18.2 Å². The minimum atomic E-state index is -0.409. The molecule has 4 rings (SSSR count).